The van der Waals surface area contributed by atoms with Crippen molar-refractivity contribution in [2.75, 3.05) is 6.61 Å². The van der Waals surface area contributed by atoms with E-state index in [4.69, 9.17) is 4.74 Å². The number of ether oxygens (including phenoxy) is 1. The fourth-order valence-corrected chi connectivity index (χ4v) is 4.19. The van der Waals surface area contributed by atoms with Gasteiger partial charge in [0.2, 0.25) is 0 Å². The van der Waals surface area contributed by atoms with E-state index in [-0.39, 0.29) is 0 Å². The van der Waals surface area contributed by atoms with E-state index in [0.29, 0.717) is 11.1 Å². The zero-order valence-corrected chi connectivity index (χ0v) is 15.7. The summed E-state index contributed by atoms with van der Waals surface area (Å²) in [6, 6.07) is 7.81. The highest BCUT2D eigenvalue weighted by atomic mass is 32.2. The van der Waals surface area contributed by atoms with Crippen molar-refractivity contribution >= 4 is 22.8 Å². The van der Waals surface area contributed by atoms with Crippen molar-refractivity contribution in [2.24, 2.45) is 5.92 Å². The minimum Gasteiger partial charge on any atom is -0.394 e. The number of aromatic nitrogens is 2. The summed E-state index contributed by atoms with van der Waals surface area (Å²) in [6.45, 7) is 4.65. The lowest BCUT2D eigenvalue weighted by molar-refractivity contribution is -0.205. The Morgan fingerprint density at radius 2 is 1.88 bits per heavy atom. The van der Waals surface area contributed by atoms with Gasteiger partial charge in [-0.05, 0) is 24.5 Å². The molecule has 0 amide bonds. The summed E-state index contributed by atoms with van der Waals surface area (Å²) < 4.78 is 7.70. The predicted octanol–water partition coefficient (Wildman–Crippen LogP) is 0.974. The van der Waals surface area contributed by atoms with Crippen LogP contribution >= 0.6 is 11.8 Å². The van der Waals surface area contributed by atoms with Gasteiger partial charge in [-0.2, -0.15) is 0 Å². The molecule has 3 rings (SSSR count). The second-order valence-corrected chi connectivity index (χ2v) is 8.10. The summed E-state index contributed by atoms with van der Waals surface area (Å²) in [5.41, 5.74) is 1.02. The molecule has 8 heteroatoms. The molecule has 26 heavy (non-hydrogen) atoms. The van der Waals surface area contributed by atoms with Gasteiger partial charge in [0.25, 0.3) is 0 Å². The molecular weight excluding hydrogens is 356 g/mol. The Balaban J connectivity index is 1.88. The summed E-state index contributed by atoms with van der Waals surface area (Å²) in [5.74, 6) is 0.529. The number of fused-ring (bicyclic) bond motifs is 1. The first-order chi connectivity index (χ1) is 12.4. The van der Waals surface area contributed by atoms with Crippen molar-refractivity contribution in [1.82, 2.24) is 9.55 Å². The van der Waals surface area contributed by atoms with Gasteiger partial charge in [0, 0.05) is 6.54 Å². The largest absolute Gasteiger partial charge is 0.394 e. The number of nitrogens with zero attached hydrogens (tertiary/aromatic N) is 2. The van der Waals surface area contributed by atoms with Crippen LogP contribution in [-0.2, 0) is 11.3 Å². The van der Waals surface area contributed by atoms with E-state index in [1.807, 2.05) is 24.3 Å². The van der Waals surface area contributed by atoms with Gasteiger partial charge in [0.1, 0.15) is 29.9 Å². The Kier molecular flexibility index (Phi) is 6.21. The van der Waals surface area contributed by atoms with Crippen molar-refractivity contribution in [3.05, 3.63) is 24.3 Å². The topological polar surface area (TPSA) is 108 Å². The highest BCUT2D eigenvalue weighted by Gasteiger charge is 2.44. The number of benzene rings is 1. The molecule has 0 bridgehead atoms. The maximum absolute atomic E-state index is 10.3. The van der Waals surface area contributed by atoms with Crippen LogP contribution in [0.5, 0.6) is 0 Å². The molecule has 1 fully saturated rings. The quantitative estimate of drug-likeness (QED) is 0.590. The van der Waals surface area contributed by atoms with Gasteiger partial charge >= 0.3 is 0 Å². The molecular formula is C18H26N2O5S. The highest BCUT2D eigenvalue weighted by molar-refractivity contribution is 7.99. The van der Waals surface area contributed by atoms with Gasteiger partial charge in [0.15, 0.2) is 5.16 Å². The molecule has 7 nitrogen and oxygen atoms in total. The number of aryl methyl sites for hydroxylation is 1. The van der Waals surface area contributed by atoms with Crippen molar-refractivity contribution in [2.45, 2.75) is 61.8 Å². The lowest BCUT2D eigenvalue weighted by Crippen LogP contribution is -2.57. The smallest absolute Gasteiger partial charge is 0.171 e. The molecule has 5 unspecified atom stereocenters. The lowest BCUT2D eigenvalue weighted by Gasteiger charge is -2.39. The first-order valence-electron chi connectivity index (χ1n) is 8.84. The first-order valence-corrected chi connectivity index (χ1v) is 9.72. The molecule has 1 saturated heterocycles. The maximum Gasteiger partial charge on any atom is 0.171 e. The van der Waals surface area contributed by atoms with Crippen LogP contribution in [0.4, 0.5) is 0 Å². The summed E-state index contributed by atoms with van der Waals surface area (Å²) >= 11 is 1.20. The van der Waals surface area contributed by atoms with Crippen molar-refractivity contribution < 1.29 is 25.2 Å². The number of aliphatic hydroxyl groups excluding tert-OH is 4. The van der Waals surface area contributed by atoms with Crippen molar-refractivity contribution in [1.29, 1.82) is 0 Å². The van der Waals surface area contributed by atoms with E-state index < -0.39 is 36.5 Å². The highest BCUT2D eigenvalue weighted by Crippen LogP contribution is 2.34. The fourth-order valence-electron chi connectivity index (χ4n) is 3.02. The molecule has 1 aliphatic rings. The van der Waals surface area contributed by atoms with Gasteiger partial charge in [-0.1, -0.05) is 37.7 Å². The van der Waals surface area contributed by atoms with Crippen LogP contribution in [-0.4, -0.2) is 66.4 Å². The minimum absolute atomic E-state index is 0.439. The van der Waals surface area contributed by atoms with Gasteiger partial charge in [-0.15, -0.1) is 0 Å². The first kappa shape index (κ1) is 19.6. The van der Waals surface area contributed by atoms with Gasteiger partial charge in [-0.25, -0.2) is 4.98 Å². The number of hydrogen-bond donors (Lipinski definition) is 4. The van der Waals surface area contributed by atoms with E-state index in [2.05, 4.69) is 23.4 Å². The second kappa shape index (κ2) is 8.24. The lowest BCUT2D eigenvalue weighted by atomic mass is 10.0. The average molecular weight is 382 g/mol. The van der Waals surface area contributed by atoms with E-state index >= 15 is 0 Å². The number of thioether (sulfide) groups is 1. The summed E-state index contributed by atoms with van der Waals surface area (Å²) in [5, 5.41) is 40.3. The van der Waals surface area contributed by atoms with E-state index in [1.54, 1.807) is 0 Å². The van der Waals surface area contributed by atoms with Crippen LogP contribution in [0.2, 0.25) is 0 Å². The van der Waals surface area contributed by atoms with Crippen molar-refractivity contribution in [3.63, 3.8) is 0 Å². The van der Waals surface area contributed by atoms with Gasteiger partial charge < -0.3 is 29.7 Å². The molecule has 1 aromatic heterocycles. The molecule has 0 radical (unpaired) electrons. The number of rotatable bonds is 6. The average Bonchev–Trinajstić information content (AvgIpc) is 2.97. The normalized spacial score (nSPS) is 29.6. The summed E-state index contributed by atoms with van der Waals surface area (Å²) in [4.78, 5) is 4.64. The Hall–Kier alpha value is -1.16. The third-order valence-electron chi connectivity index (χ3n) is 4.62. The van der Waals surface area contributed by atoms with Crippen LogP contribution in [0, 0.1) is 5.92 Å². The molecule has 4 N–H and O–H groups in total. The molecule has 144 valence electrons. The van der Waals surface area contributed by atoms with Gasteiger partial charge in [0.05, 0.1) is 17.6 Å². The van der Waals surface area contributed by atoms with Crippen LogP contribution in [0.3, 0.4) is 0 Å². The Morgan fingerprint density at radius 1 is 1.15 bits per heavy atom. The molecule has 2 aromatic rings. The van der Waals surface area contributed by atoms with E-state index in [0.717, 1.165) is 24.0 Å². The van der Waals surface area contributed by atoms with Gasteiger partial charge in [-0.3, -0.25) is 0 Å². The zero-order chi connectivity index (χ0) is 18.8. The Bertz CT molecular complexity index is 735. The summed E-state index contributed by atoms with van der Waals surface area (Å²) in [7, 11) is 0. The van der Waals surface area contributed by atoms with Crippen molar-refractivity contribution in [3.8, 4) is 0 Å². The maximum atomic E-state index is 10.3. The standard InChI is InChI=1S/C18H26N2O5S/c1-10(2)7-8-20-12-6-4-3-5-11(12)19-18(20)26-17-16(24)15(23)14(22)13(9-21)25-17/h3-6,10,13-17,21-24H,7-9H2,1-2H3. The Labute approximate surface area is 156 Å². The molecule has 0 aliphatic carbocycles. The van der Waals surface area contributed by atoms with Crippen LogP contribution < -0.4 is 0 Å². The Morgan fingerprint density at radius 3 is 2.58 bits per heavy atom. The second-order valence-electron chi connectivity index (χ2n) is 7.03. The third-order valence-corrected chi connectivity index (χ3v) is 5.76. The molecule has 5 atom stereocenters. The predicted molar refractivity (Wildman–Crippen MR) is 98.8 cm³/mol. The fraction of sp³-hybridized carbons (Fsp3) is 0.611. The third kappa shape index (κ3) is 3.90. The molecule has 2 heterocycles. The number of aliphatic hydroxyl groups is 4. The van der Waals surface area contributed by atoms with E-state index in [1.165, 1.54) is 11.8 Å². The molecule has 1 aliphatic heterocycles. The summed E-state index contributed by atoms with van der Waals surface area (Å²) in [6.07, 6.45) is -3.96. The van der Waals surface area contributed by atoms with Crippen LogP contribution in [0.1, 0.15) is 20.3 Å². The van der Waals surface area contributed by atoms with Crippen LogP contribution in [0.25, 0.3) is 11.0 Å². The molecule has 0 saturated carbocycles. The zero-order valence-electron chi connectivity index (χ0n) is 14.9. The SMILES string of the molecule is CC(C)CCn1c(SC2OC(CO)C(O)C(O)C2O)nc2ccccc21. The van der Waals surface area contributed by atoms with E-state index in [9.17, 15) is 20.4 Å². The monoisotopic (exact) mass is 382 g/mol. The minimum atomic E-state index is -1.38. The number of hydrogen-bond acceptors (Lipinski definition) is 7. The van der Waals surface area contributed by atoms with Crippen LogP contribution in [0.15, 0.2) is 29.4 Å². The molecule has 0 spiro atoms. The molecule has 1 aromatic carbocycles. The number of imidazole rings is 1. The number of para-hydroxylation sites is 2.